The molecule has 0 radical (unpaired) electrons. The van der Waals surface area contributed by atoms with Gasteiger partial charge in [-0.25, -0.2) is 4.39 Å². The van der Waals surface area contributed by atoms with Crippen molar-refractivity contribution in [1.82, 2.24) is 15.4 Å². The Bertz CT molecular complexity index is 1400. The van der Waals surface area contributed by atoms with Gasteiger partial charge in [0.25, 0.3) is 0 Å². The molecule has 5 rings (SSSR count). The summed E-state index contributed by atoms with van der Waals surface area (Å²) in [5.74, 6) is -0.355. The molecule has 0 aliphatic rings. The molecule has 3 nitrogen and oxygen atoms in total. The average molecular weight is 381 g/mol. The molecule has 29 heavy (non-hydrogen) atoms. The predicted molar refractivity (Wildman–Crippen MR) is 116 cm³/mol. The number of aromatic nitrogens is 3. The molecule has 1 heterocycles. The van der Waals surface area contributed by atoms with E-state index in [1.165, 1.54) is 10.9 Å². The second-order valence-electron chi connectivity index (χ2n) is 8.44. The molecule has 0 bridgehead atoms. The van der Waals surface area contributed by atoms with Crippen LogP contribution < -0.4 is 0 Å². The Hall–Kier alpha value is -3.40. The standard InChI is InChI=1S/C25H20FN3/c1-25(2,3)21-14-17(12-15-8-4-6-10-18(15)21)23-20-13-16-9-5-7-11-19(16)22(26)24(20)28-29-27-23/h4-14H,1-3H3. The Balaban J connectivity index is 1.88. The smallest absolute Gasteiger partial charge is 0.159 e. The van der Waals surface area contributed by atoms with Crippen LogP contribution in [0, 0.1) is 5.82 Å². The van der Waals surface area contributed by atoms with E-state index in [1.807, 2.05) is 30.3 Å². The van der Waals surface area contributed by atoms with Crippen LogP contribution >= 0.6 is 0 Å². The van der Waals surface area contributed by atoms with Crippen molar-refractivity contribution in [3.8, 4) is 11.3 Å². The minimum absolute atomic E-state index is 0.0518. The highest BCUT2D eigenvalue weighted by molar-refractivity contribution is 6.03. The number of benzene rings is 4. The molecule has 0 N–H and O–H groups in total. The van der Waals surface area contributed by atoms with Crippen LogP contribution in [0.1, 0.15) is 26.3 Å². The summed E-state index contributed by atoms with van der Waals surface area (Å²) in [5.41, 5.74) is 2.99. The second-order valence-corrected chi connectivity index (χ2v) is 8.44. The highest BCUT2D eigenvalue weighted by Crippen LogP contribution is 2.37. The molecule has 4 aromatic carbocycles. The van der Waals surface area contributed by atoms with Crippen LogP contribution in [0.4, 0.5) is 4.39 Å². The van der Waals surface area contributed by atoms with Gasteiger partial charge in [0, 0.05) is 16.3 Å². The van der Waals surface area contributed by atoms with Crippen molar-refractivity contribution in [3.63, 3.8) is 0 Å². The number of fused-ring (bicyclic) bond motifs is 3. The summed E-state index contributed by atoms with van der Waals surface area (Å²) >= 11 is 0. The zero-order valence-corrected chi connectivity index (χ0v) is 16.6. The molecular formula is C25H20FN3. The van der Waals surface area contributed by atoms with Gasteiger partial charge in [-0.2, -0.15) is 0 Å². The SMILES string of the molecule is CC(C)(C)c1cc(-c2nnnc3c(F)c4ccccc4cc23)cc2ccccc12. The molecule has 1 aromatic heterocycles. The Morgan fingerprint density at radius 2 is 1.38 bits per heavy atom. The summed E-state index contributed by atoms with van der Waals surface area (Å²) < 4.78 is 15.2. The van der Waals surface area contributed by atoms with Gasteiger partial charge >= 0.3 is 0 Å². The monoisotopic (exact) mass is 381 g/mol. The lowest BCUT2D eigenvalue weighted by molar-refractivity contribution is 0.596. The molecule has 0 unspecified atom stereocenters. The first-order valence-corrected chi connectivity index (χ1v) is 9.67. The fourth-order valence-electron chi connectivity index (χ4n) is 4.02. The van der Waals surface area contributed by atoms with E-state index in [9.17, 15) is 0 Å². The zero-order chi connectivity index (χ0) is 20.2. The summed E-state index contributed by atoms with van der Waals surface area (Å²) in [4.78, 5) is 0. The van der Waals surface area contributed by atoms with Gasteiger partial charge in [-0.3, -0.25) is 0 Å². The Labute approximate surface area is 168 Å². The molecule has 4 heteroatoms. The van der Waals surface area contributed by atoms with E-state index in [0.29, 0.717) is 16.5 Å². The second kappa shape index (κ2) is 6.31. The van der Waals surface area contributed by atoms with Gasteiger partial charge in [0.2, 0.25) is 0 Å². The third-order valence-corrected chi connectivity index (χ3v) is 5.45. The van der Waals surface area contributed by atoms with E-state index >= 15 is 4.39 Å². The average Bonchev–Trinajstić information content (AvgIpc) is 2.72. The summed E-state index contributed by atoms with van der Waals surface area (Å²) in [6.07, 6.45) is 0. The highest BCUT2D eigenvalue weighted by Gasteiger charge is 2.20. The summed E-state index contributed by atoms with van der Waals surface area (Å²) in [6.45, 7) is 6.59. The summed E-state index contributed by atoms with van der Waals surface area (Å²) in [5, 5.41) is 16.6. The van der Waals surface area contributed by atoms with Crippen molar-refractivity contribution in [1.29, 1.82) is 0 Å². The number of hydrogen-bond acceptors (Lipinski definition) is 3. The summed E-state index contributed by atoms with van der Waals surface area (Å²) in [6, 6.07) is 21.9. The Morgan fingerprint density at radius 1 is 0.724 bits per heavy atom. The maximum absolute atomic E-state index is 15.2. The molecule has 0 aliphatic heterocycles. The molecule has 0 saturated carbocycles. The van der Waals surface area contributed by atoms with Crippen molar-refractivity contribution in [2.75, 3.05) is 0 Å². The van der Waals surface area contributed by atoms with E-state index in [2.05, 4.69) is 66.5 Å². The highest BCUT2D eigenvalue weighted by atomic mass is 19.1. The van der Waals surface area contributed by atoms with Gasteiger partial charge in [-0.15, -0.1) is 10.2 Å². The summed E-state index contributed by atoms with van der Waals surface area (Å²) in [7, 11) is 0. The van der Waals surface area contributed by atoms with E-state index in [1.54, 1.807) is 6.07 Å². The molecule has 0 spiro atoms. The van der Waals surface area contributed by atoms with Crippen LogP contribution in [0.2, 0.25) is 0 Å². The van der Waals surface area contributed by atoms with E-state index in [0.717, 1.165) is 16.3 Å². The largest absolute Gasteiger partial charge is 0.204 e. The van der Waals surface area contributed by atoms with Crippen LogP contribution in [-0.4, -0.2) is 15.4 Å². The fourth-order valence-corrected chi connectivity index (χ4v) is 4.02. The maximum Gasteiger partial charge on any atom is 0.159 e. The lowest BCUT2D eigenvalue weighted by atomic mass is 9.82. The fraction of sp³-hybridized carbons (Fsp3) is 0.160. The van der Waals surface area contributed by atoms with Crippen molar-refractivity contribution >= 4 is 32.4 Å². The van der Waals surface area contributed by atoms with Crippen molar-refractivity contribution in [3.05, 3.63) is 78.1 Å². The quantitative estimate of drug-likeness (QED) is 0.314. The Kier molecular flexibility index (Phi) is 3.85. The van der Waals surface area contributed by atoms with Gasteiger partial charge in [0.05, 0.1) is 0 Å². The molecule has 0 fully saturated rings. The van der Waals surface area contributed by atoms with Gasteiger partial charge in [-0.1, -0.05) is 69.3 Å². The van der Waals surface area contributed by atoms with Gasteiger partial charge in [0.15, 0.2) is 5.82 Å². The minimum Gasteiger partial charge on any atom is -0.204 e. The molecule has 142 valence electrons. The molecule has 0 aliphatic carbocycles. The van der Waals surface area contributed by atoms with E-state index in [-0.39, 0.29) is 16.7 Å². The number of halogens is 1. The number of rotatable bonds is 1. The normalized spacial score (nSPS) is 12.1. The first-order chi connectivity index (χ1) is 13.9. The van der Waals surface area contributed by atoms with Crippen LogP contribution in [0.25, 0.3) is 43.7 Å². The van der Waals surface area contributed by atoms with Crippen LogP contribution in [-0.2, 0) is 5.41 Å². The van der Waals surface area contributed by atoms with Gasteiger partial charge in [-0.05, 0) is 50.5 Å². The first-order valence-electron chi connectivity index (χ1n) is 9.67. The molecule has 5 aromatic rings. The van der Waals surface area contributed by atoms with Crippen LogP contribution in [0.3, 0.4) is 0 Å². The van der Waals surface area contributed by atoms with E-state index < -0.39 is 0 Å². The van der Waals surface area contributed by atoms with Crippen molar-refractivity contribution < 1.29 is 4.39 Å². The topological polar surface area (TPSA) is 38.7 Å². The zero-order valence-electron chi connectivity index (χ0n) is 16.6. The van der Waals surface area contributed by atoms with Crippen LogP contribution in [0.15, 0.2) is 66.7 Å². The van der Waals surface area contributed by atoms with Crippen LogP contribution in [0.5, 0.6) is 0 Å². The van der Waals surface area contributed by atoms with Gasteiger partial charge < -0.3 is 0 Å². The number of hydrogen-bond donors (Lipinski definition) is 0. The van der Waals surface area contributed by atoms with Gasteiger partial charge in [0.1, 0.15) is 11.2 Å². The lowest BCUT2D eigenvalue weighted by Crippen LogP contribution is -2.12. The molecule has 0 amide bonds. The lowest BCUT2D eigenvalue weighted by Gasteiger charge is -2.22. The maximum atomic E-state index is 15.2. The first kappa shape index (κ1) is 17.7. The third-order valence-electron chi connectivity index (χ3n) is 5.45. The third kappa shape index (κ3) is 2.83. The molecule has 0 saturated heterocycles. The molecule has 0 atom stereocenters. The number of nitrogens with zero attached hydrogens (tertiary/aromatic N) is 3. The Morgan fingerprint density at radius 3 is 2.10 bits per heavy atom. The van der Waals surface area contributed by atoms with Crippen molar-refractivity contribution in [2.24, 2.45) is 0 Å². The van der Waals surface area contributed by atoms with E-state index in [4.69, 9.17) is 0 Å². The predicted octanol–water partition coefficient (Wildman–Crippen LogP) is 6.43. The molecular weight excluding hydrogens is 361 g/mol. The van der Waals surface area contributed by atoms with Crippen molar-refractivity contribution in [2.45, 2.75) is 26.2 Å². The minimum atomic E-state index is -0.355.